The number of rotatable bonds is 5. The summed E-state index contributed by atoms with van der Waals surface area (Å²) in [5.41, 5.74) is 1.96. The van der Waals surface area contributed by atoms with Crippen molar-refractivity contribution in [3.8, 4) is 11.3 Å². The number of nitrogens with zero attached hydrogens (tertiary/aromatic N) is 2. The summed E-state index contributed by atoms with van der Waals surface area (Å²) in [6.45, 7) is 6.97. The number of nitrogens with one attached hydrogen (secondary N) is 1. The Hall–Kier alpha value is -3.02. The van der Waals surface area contributed by atoms with Gasteiger partial charge in [-0.25, -0.2) is 18.5 Å². The molecule has 3 heterocycles. The van der Waals surface area contributed by atoms with Crippen molar-refractivity contribution in [1.82, 2.24) is 14.9 Å². The Morgan fingerprint density at radius 2 is 2.09 bits per heavy atom. The maximum Gasteiger partial charge on any atom is 0.274 e. The first-order chi connectivity index (χ1) is 15.9. The highest BCUT2D eigenvalue weighted by molar-refractivity contribution is 7.89. The van der Waals surface area contributed by atoms with Crippen LogP contribution in [-0.2, 0) is 20.2 Å². The lowest BCUT2D eigenvalue weighted by atomic mass is 9.84. The maximum absolute atomic E-state index is 13.5. The average Bonchev–Trinajstić information content (AvgIpc) is 3.20. The smallest absolute Gasteiger partial charge is 0.274 e. The largest absolute Gasteiger partial charge is 0.463 e. The summed E-state index contributed by atoms with van der Waals surface area (Å²) < 4.78 is 34.1. The number of amides is 1. The van der Waals surface area contributed by atoms with Gasteiger partial charge in [-0.1, -0.05) is 20.8 Å². The zero-order valence-corrected chi connectivity index (χ0v) is 20.1. The number of H-pyrrole nitrogens is 1. The molecule has 4 rings (SSSR count). The molecule has 3 aromatic rings. The molecule has 182 valence electrons. The van der Waals surface area contributed by atoms with E-state index in [4.69, 9.17) is 14.3 Å². The third-order valence-corrected chi connectivity index (χ3v) is 6.65. The van der Waals surface area contributed by atoms with Crippen molar-refractivity contribution < 1.29 is 22.4 Å². The van der Waals surface area contributed by atoms with Crippen molar-refractivity contribution >= 4 is 26.9 Å². The van der Waals surface area contributed by atoms with E-state index in [0.29, 0.717) is 35.2 Å². The third-order valence-electron chi connectivity index (χ3n) is 5.84. The molecule has 1 saturated heterocycles. The maximum atomic E-state index is 13.5. The first kappa shape index (κ1) is 24.1. The fourth-order valence-electron chi connectivity index (χ4n) is 4.10. The molecule has 0 aliphatic carbocycles. The number of carbonyl (C=O) groups excluding carboxylic acids is 1. The van der Waals surface area contributed by atoms with E-state index >= 15 is 0 Å². The van der Waals surface area contributed by atoms with E-state index in [1.54, 1.807) is 11.0 Å². The molecule has 11 heteroatoms. The lowest BCUT2D eigenvalue weighted by Gasteiger charge is -2.32. The normalized spacial score (nSPS) is 17.3. The van der Waals surface area contributed by atoms with Gasteiger partial charge in [0.2, 0.25) is 10.0 Å². The minimum atomic E-state index is -3.62. The van der Waals surface area contributed by atoms with E-state index in [9.17, 15) is 18.0 Å². The van der Waals surface area contributed by atoms with E-state index in [1.165, 1.54) is 18.7 Å². The van der Waals surface area contributed by atoms with Crippen LogP contribution < -0.4 is 10.7 Å². The predicted octanol–water partition coefficient (Wildman–Crippen LogP) is 2.00. The Bertz CT molecular complexity index is 1390. The molecule has 1 fully saturated rings. The van der Waals surface area contributed by atoms with Crippen molar-refractivity contribution in [3.63, 3.8) is 0 Å². The lowest BCUT2D eigenvalue weighted by Crippen LogP contribution is -2.46. The fraction of sp³-hybridized carbons (Fsp3) is 0.435. The van der Waals surface area contributed by atoms with Crippen molar-refractivity contribution in [2.75, 3.05) is 25.4 Å². The summed E-state index contributed by atoms with van der Waals surface area (Å²) in [4.78, 5) is 34.4. The third kappa shape index (κ3) is 5.06. The number of fused-ring (bicyclic) bond motifs is 1. The van der Waals surface area contributed by atoms with Crippen LogP contribution in [0.2, 0.25) is 0 Å². The minimum Gasteiger partial charge on any atom is -0.463 e. The number of hydrogen-bond acceptors (Lipinski definition) is 7. The van der Waals surface area contributed by atoms with Gasteiger partial charge in [-0.15, -0.1) is 0 Å². The molecular weight excluding hydrogens is 460 g/mol. The van der Waals surface area contributed by atoms with Crippen molar-refractivity contribution in [1.29, 1.82) is 0 Å². The van der Waals surface area contributed by atoms with E-state index in [0.717, 1.165) is 5.56 Å². The average molecular weight is 489 g/mol. The number of morpholine rings is 1. The molecule has 10 nitrogen and oxygen atoms in total. The van der Waals surface area contributed by atoms with Crippen molar-refractivity contribution in [3.05, 3.63) is 52.3 Å². The second-order valence-corrected chi connectivity index (χ2v) is 11.2. The van der Waals surface area contributed by atoms with Gasteiger partial charge in [0.15, 0.2) is 0 Å². The quantitative estimate of drug-likeness (QED) is 0.558. The number of carbonyl (C=O) groups is 1. The molecule has 1 aromatic carbocycles. The summed E-state index contributed by atoms with van der Waals surface area (Å²) in [5.74, 6) is -0.472. The molecule has 0 saturated carbocycles. The van der Waals surface area contributed by atoms with Crippen LogP contribution in [0.3, 0.4) is 0 Å². The van der Waals surface area contributed by atoms with Crippen LogP contribution in [0.5, 0.6) is 0 Å². The van der Waals surface area contributed by atoms with Crippen LogP contribution in [0.25, 0.3) is 22.2 Å². The van der Waals surface area contributed by atoms with Crippen LogP contribution in [0.15, 0.2) is 40.0 Å². The van der Waals surface area contributed by atoms with E-state index in [-0.39, 0.29) is 41.3 Å². The molecule has 1 aliphatic rings. The number of aromatic amines is 1. The number of furan rings is 1. The summed E-state index contributed by atoms with van der Waals surface area (Å²) in [5, 5.41) is 5.69. The number of aromatic nitrogens is 2. The van der Waals surface area contributed by atoms with E-state index in [1.807, 2.05) is 26.8 Å². The van der Waals surface area contributed by atoms with Gasteiger partial charge in [-0.05, 0) is 24.0 Å². The molecule has 1 amide bonds. The Kier molecular flexibility index (Phi) is 6.36. The summed E-state index contributed by atoms with van der Waals surface area (Å²) in [7, 11) is -3.62. The molecule has 0 bridgehead atoms. The second kappa shape index (κ2) is 8.97. The number of ether oxygens (including phenoxy) is 1. The van der Waals surface area contributed by atoms with Gasteiger partial charge in [0.05, 0.1) is 24.0 Å². The lowest BCUT2D eigenvalue weighted by molar-refractivity contribution is -0.0222. The summed E-state index contributed by atoms with van der Waals surface area (Å²) in [6, 6.07) is 3.62. The molecule has 2 aromatic heterocycles. The highest BCUT2D eigenvalue weighted by atomic mass is 32.2. The zero-order valence-electron chi connectivity index (χ0n) is 19.3. The van der Waals surface area contributed by atoms with Gasteiger partial charge in [-0.2, -0.15) is 0 Å². The van der Waals surface area contributed by atoms with Crippen LogP contribution in [0.4, 0.5) is 0 Å². The van der Waals surface area contributed by atoms with Crippen molar-refractivity contribution in [2.45, 2.75) is 38.7 Å². The monoisotopic (exact) mass is 488 g/mol. The van der Waals surface area contributed by atoms with Gasteiger partial charge < -0.3 is 19.0 Å². The van der Waals surface area contributed by atoms with Crippen LogP contribution in [0.1, 0.15) is 43.1 Å². The molecule has 0 spiro atoms. The Morgan fingerprint density at radius 3 is 2.76 bits per heavy atom. The number of sulfonamides is 1. The van der Waals surface area contributed by atoms with Gasteiger partial charge in [-0.3, -0.25) is 9.59 Å². The number of benzene rings is 1. The first-order valence-electron chi connectivity index (χ1n) is 10.9. The first-order valence-corrected chi connectivity index (χ1v) is 12.7. The highest BCUT2D eigenvalue weighted by Crippen LogP contribution is 2.36. The van der Waals surface area contributed by atoms with Crippen LogP contribution >= 0.6 is 0 Å². The van der Waals surface area contributed by atoms with Gasteiger partial charge in [0, 0.05) is 42.0 Å². The molecule has 1 unspecified atom stereocenters. The molecule has 1 aliphatic heterocycles. The number of hydrogen-bond donors (Lipinski definition) is 2. The Labute approximate surface area is 197 Å². The van der Waals surface area contributed by atoms with Gasteiger partial charge >= 0.3 is 0 Å². The standard InChI is InChI=1S/C23H28N4O6S/c1-23(2,3)18-11-14(19-21(28)26-6-5-25-19)10-16-17(13-33-20(16)18)22(29)27-7-8-32-15(12-27)4-9-34(24,30)31/h5-6,10-11,13,15H,4,7-9,12H2,1-3H3,(H,26,28)(H2,24,30,31). The van der Waals surface area contributed by atoms with E-state index in [2.05, 4.69) is 9.97 Å². The molecular formula is C23H28N4O6S. The molecule has 34 heavy (non-hydrogen) atoms. The molecule has 0 radical (unpaired) electrons. The topological polar surface area (TPSA) is 149 Å². The van der Waals surface area contributed by atoms with Crippen LogP contribution in [0, 0.1) is 0 Å². The Morgan fingerprint density at radius 1 is 1.32 bits per heavy atom. The van der Waals surface area contributed by atoms with Gasteiger partial charge in [0.1, 0.15) is 17.5 Å². The van der Waals surface area contributed by atoms with Gasteiger partial charge in [0.25, 0.3) is 11.5 Å². The number of primary sulfonamides is 1. The molecule has 3 N–H and O–H groups in total. The second-order valence-electron chi connectivity index (χ2n) is 9.47. The van der Waals surface area contributed by atoms with Crippen molar-refractivity contribution in [2.24, 2.45) is 5.14 Å². The summed E-state index contributed by atoms with van der Waals surface area (Å²) in [6.07, 6.45) is 4.18. The minimum absolute atomic E-state index is 0.204. The predicted molar refractivity (Wildman–Crippen MR) is 127 cm³/mol. The van der Waals surface area contributed by atoms with E-state index < -0.39 is 16.1 Å². The molecule has 1 atom stereocenters. The SMILES string of the molecule is CC(C)(C)c1cc(-c2ncc[nH]c2=O)cc2c(C(=O)N3CCOC(CCS(N)(=O)=O)C3)coc12. The fourth-order valence-corrected chi connectivity index (χ4v) is 4.69. The summed E-state index contributed by atoms with van der Waals surface area (Å²) >= 11 is 0. The Balaban J connectivity index is 1.73. The van der Waals surface area contributed by atoms with Crippen LogP contribution in [-0.4, -0.2) is 60.7 Å². The highest BCUT2D eigenvalue weighted by Gasteiger charge is 2.30. The number of nitrogens with two attached hydrogens (primary N) is 1. The zero-order chi connectivity index (χ0) is 24.7.